The molecule has 0 bridgehead atoms. The molecule has 5 heteroatoms. The number of fused-ring (bicyclic) bond motifs is 1. The van der Waals surface area contributed by atoms with Crippen LogP contribution in [0, 0.1) is 0 Å². The third kappa shape index (κ3) is 3.27. The molecule has 0 radical (unpaired) electrons. The van der Waals surface area contributed by atoms with E-state index in [1.54, 1.807) is 6.20 Å². The van der Waals surface area contributed by atoms with Gasteiger partial charge in [0.25, 0.3) is 0 Å². The van der Waals surface area contributed by atoms with Crippen LogP contribution in [0.25, 0.3) is 44.7 Å². The third-order valence-corrected chi connectivity index (χ3v) is 5.24. The first-order valence-electron chi connectivity index (χ1n) is 9.54. The number of hydrogen-bond acceptors (Lipinski definition) is 4. The van der Waals surface area contributed by atoms with Crippen LogP contribution < -0.4 is 5.73 Å². The summed E-state index contributed by atoms with van der Waals surface area (Å²) < 4.78 is 0. The number of benzene rings is 3. The highest BCUT2D eigenvalue weighted by Crippen LogP contribution is 2.36. The lowest BCUT2D eigenvalue weighted by Gasteiger charge is -2.14. The van der Waals surface area contributed by atoms with Crippen LogP contribution in [0.2, 0.25) is 5.02 Å². The van der Waals surface area contributed by atoms with E-state index < -0.39 is 0 Å². The summed E-state index contributed by atoms with van der Waals surface area (Å²) in [5.74, 6) is 0.386. The Morgan fingerprint density at radius 1 is 0.633 bits per heavy atom. The Morgan fingerprint density at radius 3 is 1.97 bits per heavy atom. The van der Waals surface area contributed by atoms with Crippen molar-refractivity contribution in [2.75, 3.05) is 5.73 Å². The first kappa shape index (κ1) is 18.3. The molecule has 4 nitrogen and oxygen atoms in total. The molecule has 0 atom stereocenters. The molecule has 3 aromatic carbocycles. The summed E-state index contributed by atoms with van der Waals surface area (Å²) in [5.41, 5.74) is 11.9. The second kappa shape index (κ2) is 7.58. The number of nitrogens with two attached hydrogens (primary N) is 1. The molecule has 2 aromatic heterocycles. The summed E-state index contributed by atoms with van der Waals surface area (Å²) in [6.45, 7) is 0. The smallest absolute Gasteiger partial charge is 0.150 e. The van der Waals surface area contributed by atoms with Crippen molar-refractivity contribution in [3.05, 3.63) is 96.1 Å². The van der Waals surface area contributed by atoms with Crippen molar-refractivity contribution in [1.82, 2.24) is 15.0 Å². The number of halogens is 1. The Hall–Kier alpha value is -3.76. The summed E-state index contributed by atoms with van der Waals surface area (Å²) in [5, 5.41) is 1.51. The van der Waals surface area contributed by atoms with Gasteiger partial charge in [0.2, 0.25) is 0 Å². The number of aromatic nitrogens is 3. The molecule has 0 saturated heterocycles. The van der Waals surface area contributed by atoms with Gasteiger partial charge in [0.1, 0.15) is 5.69 Å². The Morgan fingerprint density at radius 2 is 1.27 bits per heavy atom. The van der Waals surface area contributed by atoms with Crippen LogP contribution >= 0.6 is 11.6 Å². The molecule has 5 aromatic rings. The fourth-order valence-corrected chi connectivity index (χ4v) is 3.82. The van der Waals surface area contributed by atoms with E-state index in [4.69, 9.17) is 27.3 Å². The summed E-state index contributed by atoms with van der Waals surface area (Å²) in [7, 11) is 0. The fourth-order valence-electron chi connectivity index (χ4n) is 3.54. The number of hydrogen-bond donors (Lipinski definition) is 1. The Balaban J connectivity index is 1.81. The van der Waals surface area contributed by atoms with Crippen molar-refractivity contribution < 1.29 is 0 Å². The van der Waals surface area contributed by atoms with Crippen LogP contribution in [0.4, 0.5) is 5.82 Å². The molecule has 0 unspecified atom stereocenters. The minimum atomic E-state index is 0.386. The van der Waals surface area contributed by atoms with Crippen molar-refractivity contribution in [2.45, 2.75) is 0 Å². The van der Waals surface area contributed by atoms with Crippen LogP contribution in [0.5, 0.6) is 0 Å². The molecule has 2 heterocycles. The molecular formula is C25H17ClN4. The second-order valence-electron chi connectivity index (χ2n) is 6.92. The van der Waals surface area contributed by atoms with Gasteiger partial charge in [-0.15, -0.1) is 0 Å². The van der Waals surface area contributed by atoms with Gasteiger partial charge in [-0.2, -0.15) is 0 Å². The van der Waals surface area contributed by atoms with Crippen molar-refractivity contribution in [3.63, 3.8) is 0 Å². The van der Waals surface area contributed by atoms with Gasteiger partial charge in [0, 0.05) is 28.3 Å². The summed E-state index contributed by atoms with van der Waals surface area (Å²) >= 11 is 6.56. The number of nitrogens with zero attached hydrogens (tertiary/aromatic N) is 3. The SMILES string of the molecule is Nc1nc(-c2ccccc2)c(-c2cc(Cl)c3ncccc3c2)nc1-c1ccccc1. The first-order valence-corrected chi connectivity index (χ1v) is 9.91. The number of rotatable bonds is 3. The zero-order valence-corrected chi connectivity index (χ0v) is 16.7. The average molecular weight is 409 g/mol. The summed E-state index contributed by atoms with van der Waals surface area (Å²) in [6.07, 6.45) is 1.74. The molecule has 0 aliphatic carbocycles. The van der Waals surface area contributed by atoms with Crippen molar-refractivity contribution in [3.8, 4) is 33.8 Å². The Kier molecular flexibility index (Phi) is 4.62. The largest absolute Gasteiger partial charge is 0.382 e. The lowest BCUT2D eigenvalue weighted by molar-refractivity contribution is 1.22. The number of anilines is 1. The van der Waals surface area contributed by atoms with Gasteiger partial charge in [0.15, 0.2) is 5.82 Å². The highest BCUT2D eigenvalue weighted by molar-refractivity contribution is 6.35. The van der Waals surface area contributed by atoms with Crippen molar-refractivity contribution in [2.24, 2.45) is 0 Å². The van der Waals surface area contributed by atoms with E-state index in [0.717, 1.165) is 33.3 Å². The minimum absolute atomic E-state index is 0.386. The lowest BCUT2D eigenvalue weighted by atomic mass is 10.0. The lowest BCUT2D eigenvalue weighted by Crippen LogP contribution is -2.03. The minimum Gasteiger partial charge on any atom is -0.382 e. The predicted octanol–water partition coefficient (Wildman–Crippen LogP) is 6.26. The van der Waals surface area contributed by atoms with Gasteiger partial charge >= 0.3 is 0 Å². The number of pyridine rings is 1. The molecule has 0 spiro atoms. The van der Waals surface area contributed by atoms with Crippen LogP contribution in [-0.4, -0.2) is 15.0 Å². The van der Waals surface area contributed by atoms with E-state index in [0.29, 0.717) is 22.2 Å². The average Bonchev–Trinajstić information content (AvgIpc) is 2.80. The van der Waals surface area contributed by atoms with E-state index in [1.165, 1.54) is 0 Å². The zero-order chi connectivity index (χ0) is 20.5. The van der Waals surface area contributed by atoms with E-state index in [-0.39, 0.29) is 0 Å². The molecular weight excluding hydrogens is 392 g/mol. The van der Waals surface area contributed by atoms with Gasteiger partial charge in [0.05, 0.1) is 21.9 Å². The van der Waals surface area contributed by atoms with Crippen molar-refractivity contribution >= 4 is 28.3 Å². The maximum Gasteiger partial charge on any atom is 0.150 e. The fraction of sp³-hybridized carbons (Fsp3) is 0. The van der Waals surface area contributed by atoms with Gasteiger partial charge in [-0.05, 0) is 18.2 Å². The van der Waals surface area contributed by atoms with E-state index in [9.17, 15) is 0 Å². The van der Waals surface area contributed by atoms with Crippen LogP contribution in [-0.2, 0) is 0 Å². The predicted molar refractivity (Wildman–Crippen MR) is 123 cm³/mol. The molecule has 0 aliphatic rings. The standard InChI is InChI=1S/C25H17ClN4/c26-20-15-19(14-18-12-7-13-28-21(18)20)23-22(16-8-3-1-4-9-16)30-25(27)24(29-23)17-10-5-2-6-11-17/h1-15H,(H2,27,30). The normalized spacial score (nSPS) is 11.0. The molecule has 5 rings (SSSR count). The highest BCUT2D eigenvalue weighted by Gasteiger charge is 2.18. The van der Waals surface area contributed by atoms with Gasteiger partial charge in [-0.25, -0.2) is 9.97 Å². The third-order valence-electron chi connectivity index (χ3n) is 4.95. The highest BCUT2D eigenvalue weighted by atomic mass is 35.5. The van der Waals surface area contributed by atoms with Crippen LogP contribution in [0.3, 0.4) is 0 Å². The van der Waals surface area contributed by atoms with E-state index in [1.807, 2.05) is 84.9 Å². The van der Waals surface area contributed by atoms with Crippen LogP contribution in [0.1, 0.15) is 0 Å². The Labute approximate surface area is 179 Å². The first-order chi connectivity index (χ1) is 14.7. The van der Waals surface area contributed by atoms with Gasteiger partial charge < -0.3 is 5.73 Å². The quantitative estimate of drug-likeness (QED) is 0.382. The molecule has 0 amide bonds. The monoisotopic (exact) mass is 408 g/mol. The van der Waals surface area contributed by atoms with E-state index in [2.05, 4.69) is 4.98 Å². The molecule has 0 fully saturated rings. The van der Waals surface area contributed by atoms with E-state index >= 15 is 0 Å². The number of nitrogen functional groups attached to an aromatic ring is 1. The molecule has 30 heavy (non-hydrogen) atoms. The maximum absolute atomic E-state index is 6.56. The van der Waals surface area contributed by atoms with Gasteiger partial charge in [-0.3, -0.25) is 4.98 Å². The second-order valence-corrected chi connectivity index (χ2v) is 7.33. The molecule has 2 N–H and O–H groups in total. The topological polar surface area (TPSA) is 64.7 Å². The van der Waals surface area contributed by atoms with Crippen molar-refractivity contribution in [1.29, 1.82) is 0 Å². The molecule has 0 aliphatic heterocycles. The Bertz CT molecular complexity index is 1350. The van der Waals surface area contributed by atoms with Crippen LogP contribution in [0.15, 0.2) is 91.1 Å². The maximum atomic E-state index is 6.56. The zero-order valence-electron chi connectivity index (χ0n) is 16.0. The van der Waals surface area contributed by atoms with Gasteiger partial charge in [-0.1, -0.05) is 78.3 Å². The summed E-state index contributed by atoms with van der Waals surface area (Å²) in [6, 6.07) is 27.5. The molecule has 0 saturated carbocycles. The summed E-state index contributed by atoms with van der Waals surface area (Å²) in [4.78, 5) is 14.1. The molecule has 144 valence electrons.